The van der Waals surface area contributed by atoms with Crippen molar-refractivity contribution in [2.24, 2.45) is 0 Å². The van der Waals surface area contributed by atoms with Gasteiger partial charge in [-0.1, -0.05) is 29.4 Å². The lowest BCUT2D eigenvalue weighted by Crippen LogP contribution is -2.43. The van der Waals surface area contributed by atoms with E-state index >= 15 is 0 Å². The molecule has 25 heavy (non-hydrogen) atoms. The van der Waals surface area contributed by atoms with Crippen LogP contribution in [0.3, 0.4) is 0 Å². The Morgan fingerprint density at radius 1 is 1.20 bits per heavy atom. The van der Waals surface area contributed by atoms with E-state index < -0.39 is 0 Å². The summed E-state index contributed by atoms with van der Waals surface area (Å²) in [5.41, 5.74) is 2.19. The zero-order valence-corrected chi connectivity index (χ0v) is 13.5. The Morgan fingerprint density at radius 2 is 2.00 bits per heavy atom. The molecule has 1 atom stereocenters. The Bertz CT molecular complexity index is 891. The monoisotopic (exact) mass is 340 g/mol. The van der Waals surface area contributed by atoms with Crippen molar-refractivity contribution in [1.29, 1.82) is 0 Å². The first kappa shape index (κ1) is 15.8. The van der Waals surface area contributed by atoms with E-state index in [1.807, 2.05) is 24.3 Å². The van der Waals surface area contributed by atoms with E-state index in [-0.39, 0.29) is 24.2 Å². The number of nitrogens with zero attached hydrogens (tertiary/aromatic N) is 2. The topological polar surface area (TPSA) is 55.6 Å². The Balaban J connectivity index is 1.47. The van der Waals surface area contributed by atoms with E-state index in [2.05, 4.69) is 5.16 Å². The van der Waals surface area contributed by atoms with Crippen molar-refractivity contribution >= 4 is 16.9 Å². The van der Waals surface area contributed by atoms with Crippen molar-refractivity contribution in [3.8, 4) is 0 Å². The molecule has 4 rings (SSSR count). The second kappa shape index (κ2) is 6.64. The first-order valence-electron chi connectivity index (χ1n) is 8.19. The maximum atomic E-state index is 13.1. The number of benzene rings is 2. The number of morpholine rings is 1. The van der Waals surface area contributed by atoms with Crippen molar-refractivity contribution < 1.29 is 18.4 Å². The van der Waals surface area contributed by atoms with Gasteiger partial charge in [0.25, 0.3) is 0 Å². The van der Waals surface area contributed by atoms with Gasteiger partial charge in [-0.25, -0.2) is 4.39 Å². The third kappa shape index (κ3) is 3.25. The summed E-state index contributed by atoms with van der Waals surface area (Å²) in [4.78, 5) is 14.4. The number of rotatable bonds is 3. The first-order chi connectivity index (χ1) is 12.2. The molecule has 0 saturated carbocycles. The SMILES string of the molecule is O=C(Cc1noc2ccccc12)N1CCO[C@@H](c2ccc(F)cc2)C1. The Labute approximate surface area is 144 Å². The lowest BCUT2D eigenvalue weighted by Gasteiger charge is -2.33. The minimum Gasteiger partial charge on any atom is -0.370 e. The largest absolute Gasteiger partial charge is 0.370 e. The van der Waals surface area contributed by atoms with E-state index in [9.17, 15) is 9.18 Å². The summed E-state index contributed by atoms with van der Waals surface area (Å²) in [5.74, 6) is -0.306. The highest BCUT2D eigenvalue weighted by atomic mass is 19.1. The van der Waals surface area contributed by atoms with Crippen molar-refractivity contribution in [3.63, 3.8) is 0 Å². The predicted octanol–water partition coefficient (Wildman–Crippen LogP) is 3.11. The van der Waals surface area contributed by atoms with E-state index in [0.29, 0.717) is 31.0 Å². The van der Waals surface area contributed by atoms with Crippen molar-refractivity contribution in [2.45, 2.75) is 12.5 Å². The molecule has 0 spiro atoms. The lowest BCUT2D eigenvalue weighted by molar-refractivity contribution is -0.138. The fourth-order valence-electron chi connectivity index (χ4n) is 3.08. The molecule has 2 aromatic carbocycles. The molecule has 1 aliphatic rings. The summed E-state index contributed by atoms with van der Waals surface area (Å²) in [7, 11) is 0. The molecule has 0 aliphatic carbocycles. The average Bonchev–Trinajstić information content (AvgIpc) is 3.05. The summed E-state index contributed by atoms with van der Waals surface area (Å²) >= 11 is 0. The van der Waals surface area contributed by atoms with Gasteiger partial charge in [0.2, 0.25) is 5.91 Å². The molecule has 5 nitrogen and oxygen atoms in total. The van der Waals surface area contributed by atoms with Crippen LogP contribution in [-0.2, 0) is 16.0 Å². The van der Waals surface area contributed by atoms with Crippen LogP contribution in [0, 0.1) is 5.82 Å². The highest BCUT2D eigenvalue weighted by Crippen LogP contribution is 2.24. The Kier molecular flexibility index (Phi) is 4.19. The number of fused-ring (bicyclic) bond motifs is 1. The molecule has 1 saturated heterocycles. The zero-order valence-electron chi connectivity index (χ0n) is 13.5. The molecule has 1 fully saturated rings. The van der Waals surface area contributed by atoms with Gasteiger partial charge in [0.1, 0.15) is 17.6 Å². The van der Waals surface area contributed by atoms with Crippen molar-refractivity contribution in [3.05, 3.63) is 65.6 Å². The van der Waals surface area contributed by atoms with Crippen LogP contribution >= 0.6 is 0 Å². The quantitative estimate of drug-likeness (QED) is 0.735. The summed E-state index contributed by atoms with van der Waals surface area (Å²) < 4.78 is 24.1. The molecular formula is C19H17FN2O3. The highest BCUT2D eigenvalue weighted by molar-refractivity contribution is 5.86. The molecular weight excluding hydrogens is 323 g/mol. The molecule has 0 radical (unpaired) electrons. The lowest BCUT2D eigenvalue weighted by atomic mass is 10.1. The van der Waals surface area contributed by atoms with Crippen molar-refractivity contribution in [2.75, 3.05) is 19.7 Å². The van der Waals surface area contributed by atoms with Gasteiger partial charge in [0.05, 0.1) is 19.6 Å². The average molecular weight is 340 g/mol. The number of ether oxygens (including phenoxy) is 1. The van der Waals surface area contributed by atoms with Crippen LogP contribution in [-0.4, -0.2) is 35.7 Å². The number of carbonyl (C=O) groups excluding carboxylic acids is 1. The fourth-order valence-corrected chi connectivity index (χ4v) is 3.08. The third-order valence-electron chi connectivity index (χ3n) is 4.43. The van der Waals surface area contributed by atoms with Gasteiger partial charge in [-0.05, 0) is 29.8 Å². The standard InChI is InChI=1S/C19H17FN2O3/c20-14-7-5-13(6-8-14)18-12-22(9-10-24-18)19(23)11-16-15-3-1-2-4-17(15)25-21-16/h1-8,18H,9-12H2/t18-/m1/s1. The van der Waals surface area contributed by atoms with Crippen molar-refractivity contribution in [1.82, 2.24) is 10.1 Å². The number of hydrogen-bond acceptors (Lipinski definition) is 4. The van der Waals surface area contributed by atoms with Gasteiger partial charge in [-0.3, -0.25) is 4.79 Å². The van der Waals surface area contributed by atoms with E-state index in [0.717, 1.165) is 10.9 Å². The highest BCUT2D eigenvalue weighted by Gasteiger charge is 2.26. The van der Waals surface area contributed by atoms with E-state index in [1.165, 1.54) is 12.1 Å². The molecule has 0 N–H and O–H groups in total. The van der Waals surface area contributed by atoms with Crippen LogP contribution < -0.4 is 0 Å². The molecule has 1 aromatic heterocycles. The van der Waals surface area contributed by atoms with Gasteiger partial charge >= 0.3 is 0 Å². The molecule has 1 amide bonds. The number of hydrogen-bond donors (Lipinski definition) is 0. The van der Waals surface area contributed by atoms with Gasteiger partial charge < -0.3 is 14.2 Å². The van der Waals surface area contributed by atoms with Gasteiger partial charge in [0.15, 0.2) is 5.58 Å². The second-order valence-electron chi connectivity index (χ2n) is 6.05. The summed E-state index contributed by atoms with van der Waals surface area (Å²) in [6, 6.07) is 13.7. The molecule has 1 aliphatic heterocycles. The summed E-state index contributed by atoms with van der Waals surface area (Å²) in [5, 5.41) is 4.88. The Hall–Kier alpha value is -2.73. The summed E-state index contributed by atoms with van der Waals surface area (Å²) in [6.45, 7) is 1.43. The predicted molar refractivity (Wildman–Crippen MR) is 89.4 cm³/mol. The van der Waals surface area contributed by atoms with Crippen LogP contribution in [0.2, 0.25) is 0 Å². The first-order valence-corrected chi connectivity index (χ1v) is 8.19. The molecule has 0 bridgehead atoms. The molecule has 6 heteroatoms. The zero-order chi connectivity index (χ0) is 17.2. The van der Waals surface area contributed by atoms with Gasteiger partial charge in [-0.15, -0.1) is 0 Å². The van der Waals surface area contributed by atoms with Crippen LogP contribution in [0.5, 0.6) is 0 Å². The minimum absolute atomic E-state index is 0.0190. The Morgan fingerprint density at radius 3 is 2.84 bits per heavy atom. The normalized spacial score (nSPS) is 17.8. The molecule has 3 aromatic rings. The van der Waals surface area contributed by atoms with Crippen LogP contribution in [0.25, 0.3) is 11.0 Å². The third-order valence-corrected chi connectivity index (χ3v) is 4.43. The molecule has 2 heterocycles. The number of para-hydroxylation sites is 1. The maximum absolute atomic E-state index is 13.1. The number of amides is 1. The smallest absolute Gasteiger partial charge is 0.228 e. The number of halogens is 1. The van der Waals surface area contributed by atoms with E-state index in [1.54, 1.807) is 17.0 Å². The number of aromatic nitrogens is 1. The summed E-state index contributed by atoms with van der Waals surface area (Å²) in [6.07, 6.45) is -0.0555. The fraction of sp³-hybridized carbons (Fsp3) is 0.263. The van der Waals surface area contributed by atoms with Gasteiger partial charge in [-0.2, -0.15) is 0 Å². The number of carbonyl (C=O) groups is 1. The second-order valence-corrected chi connectivity index (χ2v) is 6.05. The van der Waals surface area contributed by atoms with Crippen LogP contribution in [0.15, 0.2) is 53.1 Å². The minimum atomic E-state index is -0.287. The van der Waals surface area contributed by atoms with Crippen LogP contribution in [0.1, 0.15) is 17.4 Å². The van der Waals surface area contributed by atoms with Crippen LogP contribution in [0.4, 0.5) is 4.39 Å². The molecule has 0 unspecified atom stereocenters. The molecule has 128 valence electrons. The van der Waals surface area contributed by atoms with Gasteiger partial charge in [0, 0.05) is 11.9 Å². The van der Waals surface area contributed by atoms with E-state index in [4.69, 9.17) is 9.26 Å². The maximum Gasteiger partial charge on any atom is 0.228 e.